The number of halogens is 2. The van der Waals surface area contributed by atoms with Crippen LogP contribution in [0.3, 0.4) is 0 Å². The van der Waals surface area contributed by atoms with Gasteiger partial charge in [-0.05, 0) is 61.2 Å². The van der Waals surface area contributed by atoms with Gasteiger partial charge in [0.1, 0.15) is 35.7 Å². The number of para-hydroxylation sites is 1. The van der Waals surface area contributed by atoms with E-state index in [1.807, 2.05) is 48.7 Å². The molecule has 4 heterocycles. The molecular formula is C31H23ClFN3O4S2. The van der Waals surface area contributed by atoms with Gasteiger partial charge < -0.3 is 14.5 Å². The van der Waals surface area contributed by atoms with Gasteiger partial charge in [0.2, 0.25) is 0 Å². The molecule has 1 aliphatic rings. The molecule has 0 spiro atoms. The molecule has 0 bridgehead atoms. The second-order valence-electron chi connectivity index (χ2n) is 9.53. The van der Waals surface area contributed by atoms with Crippen LogP contribution in [0.25, 0.3) is 6.08 Å². The van der Waals surface area contributed by atoms with E-state index in [1.165, 1.54) is 40.9 Å². The second-order valence-corrected chi connectivity index (χ2v) is 11.9. The highest BCUT2D eigenvalue weighted by molar-refractivity contribution is 7.10. The summed E-state index contributed by atoms with van der Waals surface area (Å²) in [5.74, 6) is 0.533. The lowest BCUT2D eigenvalue weighted by Gasteiger charge is -2.24. The summed E-state index contributed by atoms with van der Waals surface area (Å²) < 4.78 is 26.9. The molecule has 11 heteroatoms. The standard InChI is InChI=1S/C31H23ClFN3O4S2/c1-17-6-3-4-7-24(17)35-29(37)27-18(2)34-31-36(28(27)25-8-5-13-41-25)30(38)26(42-31)15-20-9-10-21(40-20)16-39-19-11-12-23(33)22(32)14-19/h3-15,28H,16H2,1-2H3,(H,35,37)/b26-15+/t28-/m1/s1. The van der Waals surface area contributed by atoms with Crippen LogP contribution in [0.1, 0.15) is 34.9 Å². The van der Waals surface area contributed by atoms with Gasteiger partial charge in [-0.25, -0.2) is 9.38 Å². The van der Waals surface area contributed by atoms with Gasteiger partial charge in [-0.2, -0.15) is 0 Å². The minimum atomic E-state index is -0.629. The number of carbonyl (C=O) groups is 1. The van der Waals surface area contributed by atoms with E-state index < -0.39 is 11.9 Å². The molecular weight excluding hydrogens is 597 g/mol. The number of nitrogens with one attached hydrogen (secondary N) is 1. The molecule has 0 saturated heterocycles. The van der Waals surface area contributed by atoms with Crippen LogP contribution in [0.5, 0.6) is 5.75 Å². The number of thiophene rings is 1. The zero-order valence-corrected chi connectivity index (χ0v) is 24.8. The zero-order chi connectivity index (χ0) is 29.4. The first kappa shape index (κ1) is 27.9. The summed E-state index contributed by atoms with van der Waals surface area (Å²) in [5, 5.41) is 4.89. The van der Waals surface area contributed by atoms with Crippen molar-refractivity contribution in [2.45, 2.75) is 26.5 Å². The van der Waals surface area contributed by atoms with Crippen LogP contribution >= 0.6 is 34.3 Å². The highest BCUT2D eigenvalue weighted by Gasteiger charge is 2.33. The number of allylic oxidation sites excluding steroid dienone is 1. The third-order valence-electron chi connectivity index (χ3n) is 6.70. The molecule has 0 radical (unpaired) electrons. The number of nitrogens with zero attached hydrogens (tertiary/aromatic N) is 2. The van der Waals surface area contributed by atoms with Crippen molar-refractivity contribution in [3.05, 3.63) is 136 Å². The number of anilines is 1. The van der Waals surface area contributed by atoms with Gasteiger partial charge in [-0.1, -0.05) is 47.2 Å². The zero-order valence-electron chi connectivity index (χ0n) is 22.4. The summed E-state index contributed by atoms with van der Waals surface area (Å²) in [6, 6.07) is 18.3. The second kappa shape index (κ2) is 11.6. The summed E-state index contributed by atoms with van der Waals surface area (Å²) in [5.41, 5.74) is 2.31. The molecule has 212 valence electrons. The first-order valence-corrected chi connectivity index (χ1v) is 15.0. The van der Waals surface area contributed by atoms with E-state index in [9.17, 15) is 14.0 Å². The molecule has 0 aliphatic carbocycles. The van der Waals surface area contributed by atoms with Crippen LogP contribution in [-0.2, 0) is 11.4 Å². The van der Waals surface area contributed by atoms with Gasteiger partial charge >= 0.3 is 0 Å². The van der Waals surface area contributed by atoms with Crippen molar-refractivity contribution in [3.8, 4) is 5.75 Å². The lowest BCUT2D eigenvalue weighted by Crippen LogP contribution is -2.40. The van der Waals surface area contributed by atoms with E-state index in [-0.39, 0.29) is 23.1 Å². The fourth-order valence-electron chi connectivity index (χ4n) is 4.63. The van der Waals surface area contributed by atoms with Crippen molar-refractivity contribution in [1.29, 1.82) is 0 Å². The highest BCUT2D eigenvalue weighted by Crippen LogP contribution is 2.33. The molecule has 1 atom stereocenters. The monoisotopic (exact) mass is 619 g/mol. The molecule has 0 fully saturated rings. The van der Waals surface area contributed by atoms with Crippen molar-refractivity contribution < 1.29 is 18.3 Å². The van der Waals surface area contributed by atoms with E-state index in [0.717, 1.165) is 10.4 Å². The van der Waals surface area contributed by atoms with Gasteiger partial charge in [-0.3, -0.25) is 14.2 Å². The first-order chi connectivity index (χ1) is 20.3. The number of ether oxygens (including phenoxy) is 1. The number of aromatic nitrogens is 1. The quantitative estimate of drug-likeness (QED) is 0.235. The van der Waals surface area contributed by atoms with Crippen LogP contribution in [0.4, 0.5) is 10.1 Å². The van der Waals surface area contributed by atoms with Crippen LogP contribution in [0.2, 0.25) is 5.02 Å². The Hall–Kier alpha value is -4.25. The van der Waals surface area contributed by atoms with Crippen LogP contribution in [0, 0.1) is 12.7 Å². The predicted octanol–water partition coefficient (Wildman–Crippen LogP) is 6.21. The Kier molecular flexibility index (Phi) is 7.68. The number of benzene rings is 2. The van der Waals surface area contributed by atoms with Gasteiger partial charge in [0.25, 0.3) is 11.5 Å². The number of furan rings is 1. The minimum Gasteiger partial charge on any atom is -0.486 e. The van der Waals surface area contributed by atoms with E-state index in [2.05, 4.69) is 10.3 Å². The van der Waals surface area contributed by atoms with Crippen LogP contribution in [-0.4, -0.2) is 10.5 Å². The number of amides is 1. The smallest absolute Gasteiger partial charge is 0.271 e. The molecule has 0 unspecified atom stereocenters. The maximum Gasteiger partial charge on any atom is 0.271 e. The highest BCUT2D eigenvalue weighted by atomic mass is 35.5. The molecule has 7 nitrogen and oxygen atoms in total. The number of hydrogen-bond acceptors (Lipinski definition) is 7. The summed E-state index contributed by atoms with van der Waals surface area (Å²) >= 11 is 8.53. The Morgan fingerprint density at radius 3 is 2.76 bits per heavy atom. The topological polar surface area (TPSA) is 85.8 Å². The Balaban J connectivity index is 1.32. The summed E-state index contributed by atoms with van der Waals surface area (Å²) in [7, 11) is 0. The number of carbonyl (C=O) groups excluding carboxylic acids is 1. The molecule has 1 N–H and O–H groups in total. The molecule has 42 heavy (non-hydrogen) atoms. The maximum absolute atomic E-state index is 13.8. The molecule has 1 aliphatic heterocycles. The number of rotatable bonds is 7. The number of fused-ring (bicyclic) bond motifs is 1. The lowest BCUT2D eigenvalue weighted by molar-refractivity contribution is -0.113. The van der Waals surface area contributed by atoms with E-state index >= 15 is 0 Å². The van der Waals surface area contributed by atoms with Crippen LogP contribution in [0.15, 0.2) is 97.6 Å². The lowest BCUT2D eigenvalue weighted by atomic mass is 10.0. The third-order valence-corrected chi connectivity index (χ3v) is 8.90. The van der Waals surface area contributed by atoms with Crippen molar-refractivity contribution >= 4 is 51.9 Å². The summed E-state index contributed by atoms with van der Waals surface area (Å²) in [6.07, 6.45) is 1.65. The van der Waals surface area contributed by atoms with Crippen molar-refractivity contribution in [2.24, 2.45) is 4.99 Å². The molecule has 1 amide bonds. The fraction of sp³-hybridized carbons (Fsp3) is 0.129. The minimum absolute atomic E-state index is 0.0325. The Morgan fingerprint density at radius 1 is 1.17 bits per heavy atom. The number of hydrogen-bond donors (Lipinski definition) is 1. The maximum atomic E-state index is 13.8. The van der Waals surface area contributed by atoms with Gasteiger partial charge in [0.05, 0.1) is 20.8 Å². The van der Waals surface area contributed by atoms with Crippen molar-refractivity contribution in [3.63, 3.8) is 0 Å². The Labute approximate surface area is 252 Å². The van der Waals surface area contributed by atoms with Crippen LogP contribution < -0.4 is 24.9 Å². The normalized spacial score (nSPS) is 15.0. The molecule has 0 saturated carbocycles. The van der Waals surface area contributed by atoms with E-state index in [1.54, 1.807) is 29.7 Å². The van der Waals surface area contributed by atoms with Gasteiger partial charge in [-0.15, -0.1) is 11.3 Å². The van der Waals surface area contributed by atoms with E-state index in [0.29, 0.717) is 43.6 Å². The average Bonchev–Trinajstić information content (AvgIpc) is 3.72. The Bertz CT molecular complexity index is 2020. The largest absolute Gasteiger partial charge is 0.486 e. The predicted molar refractivity (Wildman–Crippen MR) is 162 cm³/mol. The molecule has 3 aromatic heterocycles. The van der Waals surface area contributed by atoms with Gasteiger partial charge in [0.15, 0.2) is 4.80 Å². The SMILES string of the molecule is CC1=C(C(=O)Nc2ccccc2C)[C@@H](c2cccs2)n2c(s/c(=C/c3ccc(COc4ccc(F)c(Cl)c4)o3)c2=O)=N1. The number of aryl methyl sites for hydroxylation is 1. The van der Waals surface area contributed by atoms with Gasteiger partial charge in [0, 0.05) is 22.7 Å². The van der Waals surface area contributed by atoms with Crippen molar-refractivity contribution in [1.82, 2.24) is 4.57 Å². The van der Waals surface area contributed by atoms with Crippen molar-refractivity contribution in [2.75, 3.05) is 5.32 Å². The summed E-state index contributed by atoms with van der Waals surface area (Å²) in [6.45, 7) is 3.80. The summed E-state index contributed by atoms with van der Waals surface area (Å²) in [4.78, 5) is 33.5. The fourth-order valence-corrected chi connectivity index (χ4v) is 6.65. The molecule has 6 rings (SSSR count). The third kappa shape index (κ3) is 5.48. The Morgan fingerprint density at radius 2 is 2.00 bits per heavy atom. The average molecular weight is 620 g/mol. The first-order valence-electron chi connectivity index (χ1n) is 12.9. The molecule has 5 aromatic rings. The van der Waals surface area contributed by atoms with E-state index in [4.69, 9.17) is 20.8 Å². The number of thiazole rings is 1. The molecule has 2 aromatic carbocycles.